The Hall–Kier alpha value is -2.72. The maximum Gasteiger partial charge on any atom is 0.435 e. The van der Waals surface area contributed by atoms with Crippen molar-refractivity contribution in [3.63, 3.8) is 0 Å². The third-order valence-corrected chi connectivity index (χ3v) is 3.36. The van der Waals surface area contributed by atoms with Crippen molar-refractivity contribution in [2.75, 3.05) is 18.5 Å². The zero-order valence-corrected chi connectivity index (χ0v) is 12.0. The fourth-order valence-electron chi connectivity index (χ4n) is 2.19. The van der Waals surface area contributed by atoms with E-state index in [4.69, 9.17) is 0 Å². The summed E-state index contributed by atoms with van der Waals surface area (Å²) in [6, 6.07) is 2.10. The Bertz CT molecular complexity index is 725. The number of aromatic nitrogens is 5. The van der Waals surface area contributed by atoms with Gasteiger partial charge < -0.3 is 14.8 Å². The van der Waals surface area contributed by atoms with Gasteiger partial charge >= 0.3 is 6.18 Å². The van der Waals surface area contributed by atoms with E-state index in [9.17, 15) is 18.0 Å². The minimum atomic E-state index is -4.52. The number of nitrogens with zero attached hydrogens (tertiary/aromatic N) is 6. The summed E-state index contributed by atoms with van der Waals surface area (Å²) >= 11 is 0. The maximum absolute atomic E-state index is 12.5. The number of carbonyl (C=O) groups excluding carboxylic acids is 1. The van der Waals surface area contributed by atoms with Crippen LogP contribution in [0, 0.1) is 0 Å². The van der Waals surface area contributed by atoms with Gasteiger partial charge in [-0.2, -0.15) is 13.2 Å². The predicted octanol–water partition coefficient (Wildman–Crippen LogP) is 0.467. The molecule has 1 amide bonds. The van der Waals surface area contributed by atoms with Gasteiger partial charge in [0.25, 0.3) is 5.91 Å². The van der Waals surface area contributed by atoms with Crippen molar-refractivity contribution in [3.05, 3.63) is 29.5 Å². The van der Waals surface area contributed by atoms with Gasteiger partial charge in [-0.15, -0.1) is 20.4 Å². The first-order valence-corrected chi connectivity index (χ1v) is 6.68. The average Bonchev–Trinajstić information content (AvgIpc) is 2.91. The lowest BCUT2D eigenvalue weighted by Gasteiger charge is -2.20. The average molecular weight is 327 g/mol. The molecule has 1 N–H and O–H groups in total. The van der Waals surface area contributed by atoms with Crippen molar-refractivity contribution in [1.29, 1.82) is 0 Å². The fraction of sp³-hybridized carbons (Fsp3) is 0.417. The molecular weight excluding hydrogens is 315 g/mol. The molecule has 2 aromatic heterocycles. The molecule has 0 aliphatic carbocycles. The lowest BCUT2D eigenvalue weighted by molar-refractivity contribution is -0.141. The highest BCUT2D eigenvalue weighted by Crippen LogP contribution is 2.27. The Balaban J connectivity index is 1.77. The molecule has 0 aromatic carbocycles. The van der Waals surface area contributed by atoms with Crippen molar-refractivity contribution >= 4 is 11.7 Å². The molecule has 0 unspecified atom stereocenters. The van der Waals surface area contributed by atoms with Crippen molar-refractivity contribution < 1.29 is 18.0 Å². The van der Waals surface area contributed by atoms with Crippen LogP contribution in [0.2, 0.25) is 0 Å². The first kappa shape index (κ1) is 15.2. The summed E-state index contributed by atoms with van der Waals surface area (Å²) in [6.07, 6.45) is -4.52. The van der Waals surface area contributed by atoms with Crippen LogP contribution >= 0.6 is 0 Å². The lowest BCUT2D eigenvalue weighted by Crippen LogP contribution is -2.36. The smallest absolute Gasteiger partial charge is 0.351 e. The minimum Gasteiger partial charge on any atom is -0.351 e. The summed E-state index contributed by atoms with van der Waals surface area (Å²) in [5.74, 6) is 0.708. The summed E-state index contributed by atoms with van der Waals surface area (Å²) in [6.45, 7) is 1.25. The monoisotopic (exact) mass is 327 g/mol. The van der Waals surface area contributed by atoms with Gasteiger partial charge in [0.05, 0.1) is 6.54 Å². The summed E-state index contributed by atoms with van der Waals surface area (Å²) in [7, 11) is 1.64. The van der Waals surface area contributed by atoms with E-state index in [-0.39, 0.29) is 24.1 Å². The van der Waals surface area contributed by atoms with E-state index in [1.807, 2.05) is 0 Å². The van der Waals surface area contributed by atoms with Gasteiger partial charge in [0.15, 0.2) is 17.3 Å². The van der Waals surface area contributed by atoms with Crippen molar-refractivity contribution in [2.45, 2.75) is 19.3 Å². The van der Waals surface area contributed by atoms with E-state index in [1.165, 1.54) is 6.07 Å². The highest BCUT2D eigenvalue weighted by Gasteiger charge is 2.33. The topological polar surface area (TPSA) is 88.8 Å². The maximum atomic E-state index is 12.5. The van der Waals surface area contributed by atoms with E-state index in [1.54, 1.807) is 16.5 Å². The highest BCUT2D eigenvalue weighted by molar-refractivity contribution is 5.91. The van der Waals surface area contributed by atoms with Crippen molar-refractivity contribution in [2.24, 2.45) is 0 Å². The van der Waals surface area contributed by atoms with Gasteiger partial charge in [-0.3, -0.25) is 4.79 Å². The summed E-state index contributed by atoms with van der Waals surface area (Å²) in [4.78, 5) is 13.2. The molecule has 0 fully saturated rings. The van der Waals surface area contributed by atoms with E-state index in [0.717, 1.165) is 6.07 Å². The van der Waals surface area contributed by atoms with Crippen LogP contribution in [0.5, 0.6) is 0 Å². The molecule has 0 bridgehead atoms. The van der Waals surface area contributed by atoms with Crippen LogP contribution in [0.1, 0.15) is 22.1 Å². The molecule has 0 atom stereocenters. The van der Waals surface area contributed by atoms with E-state index < -0.39 is 11.9 Å². The molecule has 0 radical (unpaired) electrons. The minimum absolute atomic E-state index is 0.221. The summed E-state index contributed by atoms with van der Waals surface area (Å²) in [5.41, 5.74) is -1.05. The zero-order valence-electron chi connectivity index (χ0n) is 12.0. The number of hydrogen-bond donors (Lipinski definition) is 1. The Morgan fingerprint density at radius 3 is 2.70 bits per heavy atom. The van der Waals surface area contributed by atoms with E-state index in [2.05, 4.69) is 25.7 Å². The fourth-order valence-corrected chi connectivity index (χ4v) is 2.19. The number of alkyl halides is 3. The van der Waals surface area contributed by atoms with Crippen molar-refractivity contribution in [1.82, 2.24) is 30.3 Å². The first-order valence-electron chi connectivity index (χ1n) is 6.68. The van der Waals surface area contributed by atoms with Gasteiger partial charge in [-0.05, 0) is 12.1 Å². The Morgan fingerprint density at radius 2 is 2.04 bits per heavy atom. The molecule has 122 valence electrons. The third-order valence-electron chi connectivity index (χ3n) is 3.36. The quantitative estimate of drug-likeness (QED) is 0.881. The van der Waals surface area contributed by atoms with Gasteiger partial charge in [0, 0.05) is 20.1 Å². The molecule has 0 spiro atoms. The molecule has 2 aromatic rings. The van der Waals surface area contributed by atoms with Gasteiger partial charge in [-0.1, -0.05) is 0 Å². The molecule has 1 aliphatic heterocycles. The SMILES string of the molecule is CN(Cc1nnc2n1CCNC2=O)c1ccc(C(F)(F)F)nn1. The molecule has 3 rings (SSSR count). The molecule has 23 heavy (non-hydrogen) atoms. The molecule has 0 saturated heterocycles. The predicted molar refractivity (Wildman–Crippen MR) is 71.5 cm³/mol. The molecule has 3 heterocycles. The molecule has 0 saturated carbocycles. The molecule has 8 nitrogen and oxygen atoms in total. The van der Waals surface area contributed by atoms with Crippen LogP contribution in [0.25, 0.3) is 0 Å². The molecular formula is C12H12F3N7O. The molecule has 11 heteroatoms. The number of amides is 1. The Labute approximate surface area is 128 Å². The van der Waals surface area contributed by atoms with Crippen LogP contribution in [0.3, 0.4) is 0 Å². The number of hydrogen-bond acceptors (Lipinski definition) is 6. The normalized spacial score (nSPS) is 14.3. The Kier molecular flexibility index (Phi) is 3.62. The van der Waals surface area contributed by atoms with Crippen LogP contribution in [-0.4, -0.2) is 44.5 Å². The summed E-state index contributed by atoms with van der Waals surface area (Å²) in [5, 5.41) is 17.2. The standard InChI is InChI=1S/C12H12F3N7O/c1-21(8-3-2-7(17-18-8)12(13,14)15)6-9-19-20-10-11(23)16-4-5-22(9)10/h2-3H,4-6H2,1H3,(H,16,23). The van der Waals surface area contributed by atoms with Gasteiger partial charge in [-0.25, -0.2) is 0 Å². The third kappa shape index (κ3) is 2.94. The van der Waals surface area contributed by atoms with Crippen LogP contribution in [0.4, 0.5) is 19.0 Å². The number of nitrogens with one attached hydrogen (secondary N) is 1. The van der Waals surface area contributed by atoms with E-state index in [0.29, 0.717) is 18.9 Å². The lowest BCUT2D eigenvalue weighted by atomic mass is 10.3. The number of carbonyl (C=O) groups is 1. The first-order chi connectivity index (χ1) is 10.9. The second kappa shape index (κ2) is 5.48. The van der Waals surface area contributed by atoms with E-state index >= 15 is 0 Å². The number of fused-ring (bicyclic) bond motifs is 1. The van der Waals surface area contributed by atoms with Crippen LogP contribution in [-0.2, 0) is 19.3 Å². The number of halogens is 3. The van der Waals surface area contributed by atoms with Crippen LogP contribution < -0.4 is 10.2 Å². The Morgan fingerprint density at radius 1 is 1.26 bits per heavy atom. The highest BCUT2D eigenvalue weighted by atomic mass is 19.4. The zero-order chi connectivity index (χ0) is 16.6. The van der Waals surface area contributed by atoms with Gasteiger partial charge in [0.1, 0.15) is 0 Å². The van der Waals surface area contributed by atoms with Gasteiger partial charge in [0.2, 0.25) is 5.82 Å². The number of rotatable bonds is 3. The van der Waals surface area contributed by atoms with Crippen molar-refractivity contribution in [3.8, 4) is 0 Å². The number of anilines is 1. The second-order valence-electron chi connectivity index (χ2n) is 4.98. The second-order valence-corrected chi connectivity index (χ2v) is 4.98. The summed E-state index contributed by atoms with van der Waals surface area (Å²) < 4.78 is 39.1. The molecule has 1 aliphatic rings. The largest absolute Gasteiger partial charge is 0.435 e. The van der Waals surface area contributed by atoms with Crippen LogP contribution in [0.15, 0.2) is 12.1 Å².